The number of hydrogen-bond donors (Lipinski definition) is 0. The third kappa shape index (κ3) is 7.34. The third-order valence-electron chi connectivity index (χ3n) is 6.37. The molecule has 0 saturated carbocycles. The molecule has 3 nitrogen and oxygen atoms in total. The second-order valence-electron chi connectivity index (χ2n) is 10.1. The topological polar surface area (TPSA) is 27.7 Å². The van der Waals surface area contributed by atoms with Crippen molar-refractivity contribution in [2.45, 2.75) is 64.8 Å². The molecule has 0 radical (unpaired) electrons. The predicted molar refractivity (Wildman–Crippen MR) is 133 cm³/mol. The van der Waals surface area contributed by atoms with Crippen molar-refractivity contribution in [3.8, 4) is 5.75 Å². The van der Waals surface area contributed by atoms with Gasteiger partial charge in [-0.25, -0.2) is 0 Å². The quantitative estimate of drug-likeness (QED) is 0.292. The minimum absolute atomic E-state index is 0.211. The molecule has 0 aliphatic carbocycles. The summed E-state index contributed by atoms with van der Waals surface area (Å²) in [5.74, 6) is 0.859. The Labute approximate surface area is 190 Å². The van der Waals surface area contributed by atoms with Crippen LogP contribution in [0.3, 0.4) is 0 Å². The van der Waals surface area contributed by atoms with E-state index in [9.17, 15) is 0 Å². The van der Waals surface area contributed by atoms with Crippen LogP contribution in [0.25, 0.3) is 0 Å². The van der Waals surface area contributed by atoms with Crippen molar-refractivity contribution >= 4 is 8.32 Å². The van der Waals surface area contributed by atoms with Gasteiger partial charge in [0.05, 0.1) is 26.9 Å². The molecule has 0 spiro atoms. The van der Waals surface area contributed by atoms with E-state index >= 15 is 0 Å². The van der Waals surface area contributed by atoms with Crippen LogP contribution < -0.4 is 4.74 Å². The average molecular weight is 441 g/mol. The maximum atomic E-state index is 6.34. The Morgan fingerprint density at radius 1 is 0.903 bits per heavy atom. The zero-order valence-corrected chi connectivity index (χ0v) is 21.6. The lowest BCUT2D eigenvalue weighted by atomic mass is 9.82. The number of aryl methyl sites for hydroxylation is 1. The fourth-order valence-corrected chi connectivity index (χ4v) is 3.99. The first-order valence-electron chi connectivity index (χ1n) is 11.1. The van der Waals surface area contributed by atoms with Gasteiger partial charge < -0.3 is 13.9 Å². The van der Waals surface area contributed by atoms with Crippen LogP contribution in [-0.4, -0.2) is 28.6 Å². The number of hydrogen-bond acceptors (Lipinski definition) is 3. The number of benzene rings is 2. The van der Waals surface area contributed by atoms with E-state index in [1.807, 2.05) is 24.3 Å². The molecule has 0 N–H and O–H groups in total. The Kier molecular flexibility index (Phi) is 8.70. The van der Waals surface area contributed by atoms with Crippen LogP contribution in [0.15, 0.2) is 60.7 Å². The lowest BCUT2D eigenvalue weighted by molar-refractivity contribution is 0.0909. The smallest absolute Gasteiger partial charge is 0.192 e. The van der Waals surface area contributed by atoms with Crippen molar-refractivity contribution in [3.05, 3.63) is 77.4 Å². The molecule has 0 bridgehead atoms. The Morgan fingerprint density at radius 3 is 2.06 bits per heavy atom. The summed E-state index contributed by atoms with van der Waals surface area (Å²) in [6.07, 6.45) is 4.41. The van der Waals surface area contributed by atoms with Gasteiger partial charge in [0.15, 0.2) is 8.32 Å². The van der Waals surface area contributed by atoms with Gasteiger partial charge in [-0.05, 0) is 55.2 Å². The SMILES string of the molecule is COc1ccc(COCC(C)(/C=C/CO[Si](C)(C)C(C)(C)C)c2ccc(C)cc2)cc1. The highest BCUT2D eigenvalue weighted by Gasteiger charge is 2.36. The van der Waals surface area contributed by atoms with E-state index in [1.165, 1.54) is 11.1 Å². The van der Waals surface area contributed by atoms with Crippen LogP contribution in [-0.2, 0) is 21.2 Å². The van der Waals surface area contributed by atoms with Crippen molar-refractivity contribution in [3.63, 3.8) is 0 Å². The molecular weight excluding hydrogens is 400 g/mol. The molecule has 4 heteroatoms. The molecule has 1 unspecified atom stereocenters. The van der Waals surface area contributed by atoms with Crippen LogP contribution in [0.2, 0.25) is 18.1 Å². The summed E-state index contributed by atoms with van der Waals surface area (Å²) in [5.41, 5.74) is 3.42. The summed E-state index contributed by atoms with van der Waals surface area (Å²) in [5, 5.41) is 0.211. The molecule has 0 aliphatic rings. The third-order valence-corrected chi connectivity index (χ3v) is 10.9. The molecule has 2 aromatic rings. The second-order valence-corrected chi connectivity index (χ2v) is 14.9. The van der Waals surface area contributed by atoms with E-state index in [4.69, 9.17) is 13.9 Å². The minimum atomic E-state index is -1.76. The lowest BCUT2D eigenvalue weighted by Crippen LogP contribution is -2.40. The molecule has 0 aliphatic heterocycles. The lowest BCUT2D eigenvalue weighted by Gasteiger charge is -2.36. The average Bonchev–Trinajstić information content (AvgIpc) is 2.71. The molecule has 31 heavy (non-hydrogen) atoms. The van der Waals surface area contributed by atoms with Crippen LogP contribution in [0.5, 0.6) is 5.75 Å². The summed E-state index contributed by atoms with van der Waals surface area (Å²) in [6, 6.07) is 16.8. The van der Waals surface area contributed by atoms with Crippen molar-refractivity contribution in [1.82, 2.24) is 0 Å². The number of methoxy groups -OCH3 is 1. The summed E-state index contributed by atoms with van der Waals surface area (Å²) in [6.45, 7) is 17.5. The van der Waals surface area contributed by atoms with Gasteiger partial charge in [0.2, 0.25) is 0 Å². The summed E-state index contributed by atoms with van der Waals surface area (Å²) in [4.78, 5) is 0. The zero-order valence-electron chi connectivity index (χ0n) is 20.6. The summed E-state index contributed by atoms with van der Waals surface area (Å²) in [7, 11) is -0.0779. The molecule has 1 atom stereocenters. The maximum Gasteiger partial charge on any atom is 0.192 e. The Morgan fingerprint density at radius 2 is 1.52 bits per heavy atom. The predicted octanol–water partition coefficient (Wildman–Crippen LogP) is 7.06. The van der Waals surface area contributed by atoms with Crippen LogP contribution in [0, 0.1) is 6.92 Å². The van der Waals surface area contributed by atoms with E-state index in [1.54, 1.807) is 7.11 Å². The van der Waals surface area contributed by atoms with Crippen molar-refractivity contribution in [2.75, 3.05) is 20.3 Å². The van der Waals surface area contributed by atoms with Crippen LogP contribution >= 0.6 is 0 Å². The zero-order chi connectivity index (χ0) is 23.1. The largest absolute Gasteiger partial charge is 0.497 e. The molecule has 170 valence electrons. The highest BCUT2D eigenvalue weighted by atomic mass is 28.4. The molecule has 0 aromatic heterocycles. The van der Waals surface area contributed by atoms with Gasteiger partial charge in [-0.3, -0.25) is 0 Å². The van der Waals surface area contributed by atoms with Crippen molar-refractivity contribution in [1.29, 1.82) is 0 Å². The molecule has 2 rings (SSSR count). The van der Waals surface area contributed by atoms with Gasteiger partial charge in [-0.1, -0.05) is 74.9 Å². The monoisotopic (exact) mass is 440 g/mol. The van der Waals surface area contributed by atoms with Crippen LogP contribution in [0.1, 0.15) is 44.4 Å². The molecule has 0 heterocycles. The Hall–Kier alpha value is -1.88. The number of rotatable bonds is 10. The minimum Gasteiger partial charge on any atom is -0.497 e. The normalized spacial score (nSPS) is 14.6. The van der Waals surface area contributed by atoms with E-state index in [2.05, 4.69) is 84.1 Å². The number of ether oxygens (including phenoxy) is 2. The van der Waals surface area contributed by atoms with Gasteiger partial charge in [-0.2, -0.15) is 0 Å². The fourth-order valence-electron chi connectivity index (χ4n) is 3.05. The Balaban J connectivity index is 2.08. The van der Waals surface area contributed by atoms with E-state index in [0.717, 1.165) is 11.3 Å². The highest BCUT2D eigenvalue weighted by molar-refractivity contribution is 6.74. The first kappa shape index (κ1) is 25.4. The van der Waals surface area contributed by atoms with Gasteiger partial charge in [0.25, 0.3) is 0 Å². The van der Waals surface area contributed by atoms with Gasteiger partial charge in [-0.15, -0.1) is 0 Å². The standard InChI is InChI=1S/C27H40O3Si/c1-22-10-14-24(15-11-22)27(5,18-9-19-30-31(7,8)26(2,3)4)21-29-20-23-12-16-25(28-6)17-13-23/h9-18H,19-21H2,1-8H3/b18-9+. The van der Waals surface area contributed by atoms with E-state index < -0.39 is 8.32 Å². The maximum absolute atomic E-state index is 6.34. The molecular formula is C27H40O3Si. The van der Waals surface area contributed by atoms with E-state index in [0.29, 0.717) is 19.8 Å². The molecule has 0 amide bonds. The fraction of sp³-hybridized carbons (Fsp3) is 0.481. The second kappa shape index (κ2) is 10.6. The van der Waals surface area contributed by atoms with Gasteiger partial charge in [0.1, 0.15) is 5.75 Å². The van der Waals surface area contributed by atoms with Gasteiger partial charge in [0, 0.05) is 5.41 Å². The molecule has 2 aromatic carbocycles. The van der Waals surface area contributed by atoms with E-state index in [-0.39, 0.29) is 10.5 Å². The highest BCUT2D eigenvalue weighted by Crippen LogP contribution is 2.36. The molecule has 0 fully saturated rings. The summed E-state index contributed by atoms with van der Waals surface area (Å²) < 4.78 is 17.7. The first-order valence-corrected chi connectivity index (χ1v) is 14.0. The van der Waals surface area contributed by atoms with Crippen molar-refractivity contribution < 1.29 is 13.9 Å². The molecule has 0 saturated heterocycles. The first-order chi connectivity index (χ1) is 14.5. The Bertz CT molecular complexity index is 832. The summed E-state index contributed by atoms with van der Waals surface area (Å²) >= 11 is 0. The van der Waals surface area contributed by atoms with Gasteiger partial charge >= 0.3 is 0 Å². The van der Waals surface area contributed by atoms with Crippen LogP contribution in [0.4, 0.5) is 0 Å². The van der Waals surface area contributed by atoms with Crippen molar-refractivity contribution in [2.24, 2.45) is 0 Å².